The lowest BCUT2D eigenvalue weighted by Gasteiger charge is -2.09. The number of amides is 1. The van der Waals surface area contributed by atoms with E-state index < -0.39 is 23.9 Å². The van der Waals surface area contributed by atoms with E-state index in [1.165, 1.54) is 12.4 Å². The van der Waals surface area contributed by atoms with Crippen molar-refractivity contribution in [2.24, 2.45) is 5.92 Å². The summed E-state index contributed by atoms with van der Waals surface area (Å²) in [6, 6.07) is 1.39. The first-order chi connectivity index (χ1) is 10.4. The highest BCUT2D eigenvalue weighted by molar-refractivity contribution is 6.00. The molecular weight excluding hydrogens is 324 g/mol. The molecule has 8 nitrogen and oxygen atoms in total. The monoisotopic (exact) mass is 342 g/mol. The molecule has 0 bridgehead atoms. The van der Waals surface area contributed by atoms with Gasteiger partial charge in [0, 0.05) is 11.8 Å². The van der Waals surface area contributed by atoms with Gasteiger partial charge in [-0.05, 0) is 18.8 Å². The van der Waals surface area contributed by atoms with E-state index >= 15 is 0 Å². The molecule has 2 aromatic rings. The smallest absolute Gasteiger partial charge is 0.322 e. The van der Waals surface area contributed by atoms with Crippen LogP contribution in [0.3, 0.4) is 0 Å². The van der Waals surface area contributed by atoms with E-state index in [-0.39, 0.29) is 23.6 Å². The van der Waals surface area contributed by atoms with Crippen molar-refractivity contribution in [2.45, 2.75) is 26.7 Å². The maximum atomic E-state index is 12.2. The Morgan fingerprint density at radius 3 is 2.74 bits per heavy atom. The second kappa shape index (κ2) is 7.77. The van der Waals surface area contributed by atoms with Crippen LogP contribution in [0.5, 0.6) is 0 Å². The highest BCUT2D eigenvalue weighted by atomic mass is 35.5. The molecule has 0 aromatic carbocycles. The van der Waals surface area contributed by atoms with Crippen LogP contribution in [0, 0.1) is 5.92 Å². The number of rotatable bonds is 6. The van der Waals surface area contributed by atoms with Crippen molar-refractivity contribution in [3.63, 3.8) is 0 Å². The summed E-state index contributed by atoms with van der Waals surface area (Å²) in [5, 5.41) is 13.7. The minimum absolute atomic E-state index is 0. The molecule has 2 aromatic heterocycles. The van der Waals surface area contributed by atoms with E-state index in [1.54, 1.807) is 4.52 Å². The predicted octanol–water partition coefficient (Wildman–Crippen LogP) is 0.847. The fourth-order valence-electron chi connectivity index (χ4n) is 2.14. The average molecular weight is 343 g/mol. The van der Waals surface area contributed by atoms with E-state index in [1.807, 2.05) is 0 Å². The lowest BCUT2D eigenvalue weighted by atomic mass is 10.1. The molecule has 0 fully saturated rings. The summed E-state index contributed by atoms with van der Waals surface area (Å²) in [5.41, 5.74) is 0.319. The van der Waals surface area contributed by atoms with Gasteiger partial charge in [0.2, 0.25) is 0 Å². The Hall–Kier alpha value is -2.35. The number of aromatic nitrogens is 3. The molecule has 3 N–H and O–H groups in total. The van der Waals surface area contributed by atoms with Gasteiger partial charge in [-0.3, -0.25) is 19.5 Å². The van der Waals surface area contributed by atoms with Crippen molar-refractivity contribution in [1.82, 2.24) is 19.9 Å². The topological polar surface area (TPSA) is 117 Å². The molecule has 0 atom stereocenters. The first kappa shape index (κ1) is 18.7. The van der Waals surface area contributed by atoms with Crippen molar-refractivity contribution < 1.29 is 14.7 Å². The van der Waals surface area contributed by atoms with Crippen LogP contribution >= 0.6 is 12.4 Å². The van der Waals surface area contributed by atoms with Gasteiger partial charge >= 0.3 is 5.97 Å². The lowest BCUT2D eigenvalue weighted by molar-refractivity contribution is -0.135. The summed E-state index contributed by atoms with van der Waals surface area (Å²) >= 11 is 0. The summed E-state index contributed by atoms with van der Waals surface area (Å²) < 4.78 is 1.58. The Kier molecular flexibility index (Phi) is 6.32. The maximum Gasteiger partial charge on any atom is 0.322 e. The van der Waals surface area contributed by atoms with Gasteiger partial charge in [0.15, 0.2) is 11.1 Å². The quantitative estimate of drug-likeness (QED) is 0.719. The average Bonchev–Trinajstić information content (AvgIpc) is 2.91. The van der Waals surface area contributed by atoms with Crippen molar-refractivity contribution in [2.75, 3.05) is 6.54 Å². The molecule has 0 spiro atoms. The number of carboxylic acid groups (broad SMARTS) is 1. The summed E-state index contributed by atoms with van der Waals surface area (Å²) in [6.45, 7) is 3.62. The normalized spacial score (nSPS) is 10.6. The SMILES string of the molecule is CC(C)CCc1cc(=O)c(C(=O)NCC(=O)O)c2nc[nH]n12.Cl. The number of H-pyrrole nitrogens is 1. The van der Waals surface area contributed by atoms with Gasteiger partial charge in [0.1, 0.15) is 18.4 Å². The minimum Gasteiger partial charge on any atom is -0.480 e. The fourth-order valence-corrected chi connectivity index (χ4v) is 2.14. The Labute approximate surface area is 138 Å². The number of carboxylic acids is 1. The second-order valence-electron chi connectivity index (χ2n) is 5.43. The number of aryl methyl sites for hydroxylation is 1. The Morgan fingerprint density at radius 1 is 1.43 bits per heavy atom. The third-order valence-electron chi connectivity index (χ3n) is 3.25. The zero-order valence-corrected chi connectivity index (χ0v) is 13.6. The molecule has 23 heavy (non-hydrogen) atoms. The summed E-state index contributed by atoms with van der Waals surface area (Å²) in [6.07, 6.45) is 2.96. The van der Waals surface area contributed by atoms with Crippen LogP contribution < -0.4 is 10.7 Å². The van der Waals surface area contributed by atoms with Crippen LogP contribution in [0.4, 0.5) is 0 Å². The van der Waals surface area contributed by atoms with Crippen LogP contribution in [-0.4, -0.2) is 38.1 Å². The number of pyridine rings is 1. The van der Waals surface area contributed by atoms with E-state index in [0.29, 0.717) is 12.3 Å². The highest BCUT2D eigenvalue weighted by Crippen LogP contribution is 2.11. The molecule has 0 saturated heterocycles. The Morgan fingerprint density at radius 2 is 2.13 bits per heavy atom. The number of aromatic amines is 1. The van der Waals surface area contributed by atoms with Gasteiger partial charge < -0.3 is 10.4 Å². The Balaban J connectivity index is 0.00000264. The van der Waals surface area contributed by atoms with Crippen LogP contribution in [0.25, 0.3) is 5.65 Å². The number of fused-ring (bicyclic) bond motifs is 1. The first-order valence-corrected chi connectivity index (χ1v) is 6.98. The van der Waals surface area contributed by atoms with Crippen LogP contribution in [0.15, 0.2) is 17.2 Å². The van der Waals surface area contributed by atoms with E-state index in [2.05, 4.69) is 29.2 Å². The zero-order chi connectivity index (χ0) is 16.3. The lowest BCUT2D eigenvalue weighted by Crippen LogP contribution is -2.33. The number of aliphatic carboxylic acids is 1. The van der Waals surface area contributed by atoms with Gasteiger partial charge in [0.05, 0.1) is 0 Å². The van der Waals surface area contributed by atoms with Gasteiger partial charge in [-0.25, -0.2) is 9.50 Å². The molecule has 0 unspecified atom stereocenters. The van der Waals surface area contributed by atoms with E-state index in [9.17, 15) is 14.4 Å². The van der Waals surface area contributed by atoms with Crippen LogP contribution in [0.2, 0.25) is 0 Å². The second-order valence-corrected chi connectivity index (χ2v) is 5.43. The molecule has 0 aliphatic heterocycles. The maximum absolute atomic E-state index is 12.2. The molecule has 2 heterocycles. The number of nitrogens with one attached hydrogen (secondary N) is 2. The number of carbonyl (C=O) groups is 2. The minimum atomic E-state index is -1.18. The number of carbonyl (C=O) groups excluding carboxylic acids is 1. The molecular formula is C14H19ClN4O4. The van der Waals surface area contributed by atoms with Crippen molar-refractivity contribution in [1.29, 1.82) is 0 Å². The largest absolute Gasteiger partial charge is 0.480 e. The van der Waals surface area contributed by atoms with Gasteiger partial charge in [0.25, 0.3) is 5.91 Å². The number of halogens is 1. The van der Waals surface area contributed by atoms with Gasteiger partial charge in [-0.1, -0.05) is 13.8 Å². The highest BCUT2D eigenvalue weighted by Gasteiger charge is 2.19. The van der Waals surface area contributed by atoms with Crippen LogP contribution in [0.1, 0.15) is 36.3 Å². The molecule has 9 heteroatoms. The summed E-state index contributed by atoms with van der Waals surface area (Å²) in [7, 11) is 0. The fraction of sp³-hybridized carbons (Fsp3) is 0.429. The van der Waals surface area contributed by atoms with Gasteiger partial charge in [-0.2, -0.15) is 0 Å². The third kappa shape index (κ3) is 4.32. The molecule has 0 aliphatic rings. The van der Waals surface area contributed by atoms with E-state index in [4.69, 9.17) is 5.11 Å². The first-order valence-electron chi connectivity index (χ1n) is 6.98. The Bertz CT molecular complexity index is 766. The standard InChI is InChI=1S/C14H18N4O4.ClH/c1-8(2)3-4-9-5-10(19)12(13-16-7-17-18(9)13)14(22)15-6-11(20)21;/h5,7-8H,3-4,6H2,1-2H3,(H,15,22)(H,16,17)(H,20,21);1H. The van der Waals surface area contributed by atoms with Crippen molar-refractivity contribution in [3.8, 4) is 0 Å². The molecule has 0 radical (unpaired) electrons. The summed E-state index contributed by atoms with van der Waals surface area (Å²) in [5.74, 6) is -1.44. The van der Waals surface area contributed by atoms with Crippen molar-refractivity contribution in [3.05, 3.63) is 33.9 Å². The summed E-state index contributed by atoms with van der Waals surface area (Å²) in [4.78, 5) is 38.8. The molecule has 0 saturated carbocycles. The van der Waals surface area contributed by atoms with Gasteiger partial charge in [-0.15, -0.1) is 12.4 Å². The predicted molar refractivity (Wildman–Crippen MR) is 86.2 cm³/mol. The van der Waals surface area contributed by atoms with E-state index in [0.717, 1.165) is 12.1 Å². The number of hydrogen-bond donors (Lipinski definition) is 3. The van der Waals surface area contributed by atoms with Crippen molar-refractivity contribution >= 4 is 29.9 Å². The number of hydrogen-bond acceptors (Lipinski definition) is 4. The zero-order valence-electron chi connectivity index (χ0n) is 12.8. The molecule has 2 rings (SSSR count). The number of nitrogens with zero attached hydrogens (tertiary/aromatic N) is 2. The molecule has 0 aliphatic carbocycles. The van der Waals surface area contributed by atoms with Crippen LogP contribution in [-0.2, 0) is 11.2 Å². The molecule has 1 amide bonds. The third-order valence-corrected chi connectivity index (χ3v) is 3.25. The molecule has 126 valence electrons.